The van der Waals surface area contributed by atoms with E-state index >= 15 is 0 Å². The first-order valence-electron chi connectivity index (χ1n) is 7.10. The molecule has 2 rings (SSSR count). The summed E-state index contributed by atoms with van der Waals surface area (Å²) < 4.78 is 25.7. The van der Waals surface area contributed by atoms with Crippen LogP contribution in [0.5, 0.6) is 0 Å². The zero-order valence-corrected chi connectivity index (χ0v) is 13.8. The third-order valence-corrected chi connectivity index (χ3v) is 6.38. The van der Waals surface area contributed by atoms with Crippen LogP contribution in [0.4, 0.5) is 5.13 Å². The van der Waals surface area contributed by atoms with E-state index in [4.69, 9.17) is 0 Å². The Balaban J connectivity index is 2.07. The molecule has 2 heterocycles. The van der Waals surface area contributed by atoms with E-state index in [1.165, 1.54) is 15.6 Å². The van der Waals surface area contributed by atoms with Crippen molar-refractivity contribution in [2.24, 2.45) is 0 Å². The third-order valence-electron chi connectivity index (χ3n) is 3.33. The number of amides is 1. The molecule has 21 heavy (non-hydrogen) atoms. The molecule has 1 aliphatic rings. The molecule has 1 atom stereocenters. The number of aromatic nitrogens is 2. The molecule has 7 nitrogen and oxygen atoms in total. The van der Waals surface area contributed by atoms with E-state index in [9.17, 15) is 13.2 Å². The standard InChI is InChI=1S/C12H20N4O3S2/c1-3-8-21(18,19)16-7-5-6-9(16)11(17)13-12-15-14-10(4-2)20-12/h9H,3-8H2,1-2H3,(H,13,15,17). The largest absolute Gasteiger partial charge is 0.299 e. The summed E-state index contributed by atoms with van der Waals surface area (Å²) in [5, 5.41) is 11.8. The van der Waals surface area contributed by atoms with E-state index in [2.05, 4.69) is 15.5 Å². The van der Waals surface area contributed by atoms with Gasteiger partial charge >= 0.3 is 0 Å². The Hall–Kier alpha value is -1.06. The second-order valence-electron chi connectivity index (χ2n) is 4.93. The molecule has 1 aromatic heterocycles. The van der Waals surface area contributed by atoms with Crippen LogP contribution in [-0.4, -0.2) is 47.2 Å². The van der Waals surface area contributed by atoms with Crippen molar-refractivity contribution in [2.45, 2.75) is 45.6 Å². The van der Waals surface area contributed by atoms with Crippen LogP contribution in [0.1, 0.15) is 38.1 Å². The first kappa shape index (κ1) is 16.3. The molecule has 0 spiro atoms. The van der Waals surface area contributed by atoms with Gasteiger partial charge in [-0.25, -0.2) is 8.42 Å². The van der Waals surface area contributed by atoms with Gasteiger partial charge in [0.1, 0.15) is 11.0 Å². The highest BCUT2D eigenvalue weighted by Crippen LogP contribution is 2.24. The zero-order valence-electron chi connectivity index (χ0n) is 12.2. The summed E-state index contributed by atoms with van der Waals surface area (Å²) in [5.74, 6) is -0.235. The normalized spacial score (nSPS) is 19.8. The van der Waals surface area contributed by atoms with Crippen molar-refractivity contribution in [3.05, 3.63) is 5.01 Å². The molecule has 0 aromatic carbocycles. The summed E-state index contributed by atoms with van der Waals surface area (Å²) in [4.78, 5) is 12.3. The Morgan fingerprint density at radius 1 is 1.43 bits per heavy atom. The average molecular weight is 332 g/mol. The topological polar surface area (TPSA) is 92.3 Å². The second kappa shape index (κ2) is 6.80. The minimum absolute atomic E-state index is 0.0789. The first-order valence-corrected chi connectivity index (χ1v) is 9.53. The van der Waals surface area contributed by atoms with Crippen LogP contribution in [0.3, 0.4) is 0 Å². The fraction of sp³-hybridized carbons (Fsp3) is 0.750. The Kier molecular flexibility index (Phi) is 5.28. The summed E-state index contributed by atoms with van der Waals surface area (Å²) in [5.41, 5.74) is 0. The van der Waals surface area contributed by atoms with Gasteiger partial charge in [-0.3, -0.25) is 10.1 Å². The summed E-state index contributed by atoms with van der Waals surface area (Å²) in [6, 6.07) is -0.629. The molecule has 1 unspecified atom stereocenters. The van der Waals surface area contributed by atoms with E-state index in [1.54, 1.807) is 0 Å². The monoisotopic (exact) mass is 332 g/mol. The van der Waals surface area contributed by atoms with Gasteiger partial charge < -0.3 is 0 Å². The van der Waals surface area contributed by atoms with Gasteiger partial charge in [-0.05, 0) is 25.7 Å². The predicted molar refractivity (Wildman–Crippen MR) is 81.7 cm³/mol. The lowest BCUT2D eigenvalue weighted by atomic mass is 10.2. The van der Waals surface area contributed by atoms with E-state index in [0.29, 0.717) is 30.9 Å². The number of sulfonamides is 1. The molecular formula is C12H20N4O3S2. The quantitative estimate of drug-likeness (QED) is 0.846. The number of anilines is 1. The number of nitrogens with one attached hydrogen (secondary N) is 1. The minimum Gasteiger partial charge on any atom is -0.299 e. The van der Waals surface area contributed by atoms with Crippen LogP contribution in [0.2, 0.25) is 0 Å². The number of hydrogen-bond donors (Lipinski definition) is 1. The number of carbonyl (C=O) groups is 1. The van der Waals surface area contributed by atoms with Crippen molar-refractivity contribution in [1.29, 1.82) is 0 Å². The predicted octanol–water partition coefficient (Wildman–Crippen LogP) is 1.24. The first-order chi connectivity index (χ1) is 9.97. The van der Waals surface area contributed by atoms with Crippen molar-refractivity contribution in [2.75, 3.05) is 17.6 Å². The molecule has 1 amide bonds. The number of carbonyl (C=O) groups excluding carboxylic acids is 1. The number of aryl methyl sites for hydroxylation is 1. The van der Waals surface area contributed by atoms with Gasteiger partial charge in [0.05, 0.1) is 5.75 Å². The summed E-state index contributed by atoms with van der Waals surface area (Å²) in [6.45, 7) is 4.19. The lowest BCUT2D eigenvalue weighted by Gasteiger charge is -2.22. The van der Waals surface area contributed by atoms with E-state index in [1.807, 2.05) is 13.8 Å². The van der Waals surface area contributed by atoms with Crippen molar-refractivity contribution >= 4 is 32.4 Å². The zero-order chi connectivity index (χ0) is 15.5. The molecule has 118 valence electrons. The maximum Gasteiger partial charge on any atom is 0.244 e. The lowest BCUT2D eigenvalue weighted by Crippen LogP contribution is -2.44. The summed E-state index contributed by atoms with van der Waals surface area (Å²) in [7, 11) is -3.36. The van der Waals surface area contributed by atoms with Crippen LogP contribution in [0, 0.1) is 0 Å². The highest BCUT2D eigenvalue weighted by atomic mass is 32.2. The molecule has 1 N–H and O–H groups in total. The van der Waals surface area contributed by atoms with E-state index in [-0.39, 0.29) is 11.7 Å². The van der Waals surface area contributed by atoms with Crippen LogP contribution in [-0.2, 0) is 21.2 Å². The maximum absolute atomic E-state index is 12.3. The molecule has 0 radical (unpaired) electrons. The van der Waals surface area contributed by atoms with Gasteiger partial charge in [0, 0.05) is 6.54 Å². The molecule has 1 fully saturated rings. The molecule has 1 aromatic rings. The van der Waals surface area contributed by atoms with Crippen LogP contribution in [0.15, 0.2) is 0 Å². The fourth-order valence-electron chi connectivity index (χ4n) is 2.35. The molecule has 0 aliphatic carbocycles. The SMILES string of the molecule is CCCS(=O)(=O)N1CCCC1C(=O)Nc1nnc(CC)s1. The molecule has 9 heteroatoms. The Morgan fingerprint density at radius 2 is 2.19 bits per heavy atom. The smallest absolute Gasteiger partial charge is 0.244 e. The molecule has 1 saturated heterocycles. The molecule has 0 saturated carbocycles. The van der Waals surface area contributed by atoms with Crippen LogP contribution >= 0.6 is 11.3 Å². The molecular weight excluding hydrogens is 312 g/mol. The van der Waals surface area contributed by atoms with Crippen molar-refractivity contribution in [3.8, 4) is 0 Å². The highest BCUT2D eigenvalue weighted by Gasteiger charge is 2.38. The van der Waals surface area contributed by atoms with Gasteiger partial charge in [0.2, 0.25) is 21.1 Å². The van der Waals surface area contributed by atoms with E-state index in [0.717, 1.165) is 11.4 Å². The van der Waals surface area contributed by atoms with Gasteiger partial charge in [-0.2, -0.15) is 4.31 Å². The summed E-state index contributed by atoms with van der Waals surface area (Å²) in [6.07, 6.45) is 2.56. The Morgan fingerprint density at radius 3 is 2.81 bits per heavy atom. The second-order valence-corrected chi connectivity index (χ2v) is 8.03. The number of hydrogen-bond acceptors (Lipinski definition) is 6. The Bertz CT molecular complexity index is 599. The van der Waals surface area contributed by atoms with Crippen LogP contribution < -0.4 is 5.32 Å². The molecule has 0 bridgehead atoms. The lowest BCUT2D eigenvalue weighted by molar-refractivity contribution is -0.119. The van der Waals surface area contributed by atoms with Crippen molar-refractivity contribution in [1.82, 2.24) is 14.5 Å². The maximum atomic E-state index is 12.3. The summed E-state index contributed by atoms with van der Waals surface area (Å²) >= 11 is 1.32. The number of rotatable bonds is 6. The molecule has 1 aliphatic heterocycles. The fourth-order valence-corrected chi connectivity index (χ4v) is 4.78. The van der Waals surface area contributed by atoms with Crippen molar-refractivity contribution < 1.29 is 13.2 Å². The minimum atomic E-state index is -3.36. The van der Waals surface area contributed by atoms with Gasteiger partial charge in [-0.1, -0.05) is 25.2 Å². The number of nitrogens with zero attached hydrogens (tertiary/aromatic N) is 3. The van der Waals surface area contributed by atoms with Gasteiger partial charge in [0.15, 0.2) is 0 Å². The van der Waals surface area contributed by atoms with Crippen molar-refractivity contribution in [3.63, 3.8) is 0 Å². The van der Waals surface area contributed by atoms with E-state index < -0.39 is 16.1 Å². The van der Waals surface area contributed by atoms with Gasteiger partial charge in [0.25, 0.3) is 0 Å². The van der Waals surface area contributed by atoms with Gasteiger partial charge in [-0.15, -0.1) is 10.2 Å². The Labute approximate surface area is 128 Å². The third kappa shape index (κ3) is 3.78. The van der Waals surface area contributed by atoms with Crippen LogP contribution in [0.25, 0.3) is 0 Å². The highest BCUT2D eigenvalue weighted by molar-refractivity contribution is 7.89. The average Bonchev–Trinajstić information content (AvgIpc) is 3.07.